The highest BCUT2D eigenvalue weighted by atomic mass is 16.5. The molecule has 0 spiro atoms. The Morgan fingerprint density at radius 1 is 0.844 bits per heavy atom. The average molecular weight is 617 g/mol. The number of carbonyl (C=O) groups excluding carboxylic acids is 4. The van der Waals surface area contributed by atoms with Crippen molar-refractivity contribution < 1.29 is 28.7 Å². The average Bonchev–Trinajstić information content (AvgIpc) is 3.66. The van der Waals surface area contributed by atoms with E-state index < -0.39 is 0 Å². The number of allylic oxidation sites excluding steroid dienone is 2. The molecule has 0 aliphatic carbocycles. The lowest BCUT2D eigenvalue weighted by atomic mass is 9.92. The van der Waals surface area contributed by atoms with E-state index in [2.05, 4.69) is 27.2 Å². The Bertz CT molecular complexity index is 1750. The van der Waals surface area contributed by atoms with Crippen molar-refractivity contribution in [1.29, 1.82) is 0 Å². The topological polar surface area (TPSA) is 143 Å². The number of methoxy groups -OCH3 is 2. The molecule has 0 unspecified atom stereocenters. The second-order valence-corrected chi connectivity index (χ2v) is 11.7. The summed E-state index contributed by atoms with van der Waals surface area (Å²) in [6.07, 6.45) is 8.51. The van der Waals surface area contributed by atoms with Gasteiger partial charge in [0.05, 0.1) is 19.9 Å². The van der Waals surface area contributed by atoms with Gasteiger partial charge in [0.15, 0.2) is 0 Å². The van der Waals surface area contributed by atoms with Crippen molar-refractivity contribution in [2.75, 3.05) is 14.2 Å². The maximum Gasteiger partial charge on any atom is 0.305 e. The molecule has 0 aromatic carbocycles. The first-order valence-electron chi connectivity index (χ1n) is 15.5. The first-order chi connectivity index (χ1) is 21.4. The van der Waals surface area contributed by atoms with Crippen LogP contribution in [0.4, 0.5) is 0 Å². The van der Waals surface area contributed by atoms with Gasteiger partial charge < -0.3 is 24.8 Å². The third kappa shape index (κ3) is 6.95. The van der Waals surface area contributed by atoms with Crippen molar-refractivity contribution in [2.24, 2.45) is 16.8 Å². The number of aromatic nitrogens is 2. The molecule has 2 amide bonds. The lowest BCUT2D eigenvalue weighted by Crippen LogP contribution is -2.18. The lowest BCUT2D eigenvalue weighted by molar-refractivity contribution is -0.141. The summed E-state index contributed by atoms with van der Waals surface area (Å²) >= 11 is 0. The minimum absolute atomic E-state index is 0.0313. The smallest absolute Gasteiger partial charge is 0.305 e. The normalized spacial score (nSPS) is 20.0. The summed E-state index contributed by atoms with van der Waals surface area (Å²) in [6.45, 7) is 11.9. The molecule has 2 aromatic heterocycles. The highest BCUT2D eigenvalue weighted by Gasteiger charge is 2.34. The monoisotopic (exact) mass is 616 g/mol. The summed E-state index contributed by atoms with van der Waals surface area (Å²) in [5, 5.41) is 4.62. The molecular weight excluding hydrogens is 572 g/mol. The van der Waals surface area contributed by atoms with E-state index in [1.54, 1.807) is 0 Å². The second-order valence-electron chi connectivity index (χ2n) is 11.7. The van der Waals surface area contributed by atoms with E-state index in [9.17, 15) is 19.2 Å². The fourth-order valence-corrected chi connectivity index (χ4v) is 6.26. The summed E-state index contributed by atoms with van der Waals surface area (Å²) in [5.74, 6) is -0.815. The van der Waals surface area contributed by atoms with Gasteiger partial charge >= 0.3 is 11.9 Å². The number of H-pyrrole nitrogens is 2. The van der Waals surface area contributed by atoms with Crippen LogP contribution in [0.3, 0.4) is 0 Å². The van der Waals surface area contributed by atoms with Gasteiger partial charge in [-0.3, -0.25) is 19.2 Å². The van der Waals surface area contributed by atoms with E-state index in [0.29, 0.717) is 30.5 Å². The van der Waals surface area contributed by atoms with Crippen LogP contribution in [0.2, 0.25) is 0 Å². The maximum atomic E-state index is 12.5. The molecule has 45 heavy (non-hydrogen) atoms. The molecule has 2 atom stereocenters. The van der Waals surface area contributed by atoms with E-state index >= 15 is 0 Å². The van der Waals surface area contributed by atoms with Crippen LogP contribution in [0.5, 0.6) is 0 Å². The van der Waals surface area contributed by atoms with Crippen molar-refractivity contribution in [1.82, 2.24) is 15.3 Å². The number of nitrogens with zero attached hydrogens (tertiary/aromatic N) is 1. The summed E-state index contributed by atoms with van der Waals surface area (Å²) < 4.78 is 9.84. The van der Waals surface area contributed by atoms with Crippen molar-refractivity contribution in [2.45, 2.75) is 80.1 Å². The number of esters is 2. The first-order valence-corrected chi connectivity index (χ1v) is 15.5. The third-order valence-electron chi connectivity index (χ3n) is 9.19. The molecule has 0 saturated carbocycles. The predicted molar refractivity (Wildman–Crippen MR) is 174 cm³/mol. The molecule has 1 saturated heterocycles. The largest absolute Gasteiger partial charge is 0.469 e. The summed E-state index contributed by atoms with van der Waals surface area (Å²) in [6, 6.07) is 0. The van der Waals surface area contributed by atoms with Gasteiger partial charge in [0.2, 0.25) is 5.91 Å². The zero-order valence-electron chi connectivity index (χ0n) is 27.5. The molecule has 240 valence electrons. The number of hydrogen-bond acceptors (Lipinski definition) is 6. The van der Waals surface area contributed by atoms with Gasteiger partial charge in [-0.1, -0.05) is 20.8 Å². The van der Waals surface area contributed by atoms with Gasteiger partial charge in [-0.2, -0.15) is 0 Å². The van der Waals surface area contributed by atoms with Crippen LogP contribution in [-0.4, -0.2) is 53.7 Å². The Morgan fingerprint density at radius 3 is 2.04 bits per heavy atom. The number of aromatic amines is 2. The van der Waals surface area contributed by atoms with Crippen LogP contribution >= 0.6 is 0 Å². The minimum Gasteiger partial charge on any atom is -0.469 e. The Hall–Kier alpha value is -4.47. The molecule has 0 bridgehead atoms. The zero-order chi connectivity index (χ0) is 33.0. The van der Waals surface area contributed by atoms with E-state index in [-0.39, 0.29) is 48.4 Å². The number of hydrogen-bond donors (Lipinski definition) is 3. The van der Waals surface area contributed by atoms with E-state index in [0.717, 1.165) is 62.0 Å². The van der Waals surface area contributed by atoms with Crippen LogP contribution < -0.4 is 16.0 Å². The highest BCUT2D eigenvalue weighted by molar-refractivity contribution is 6.30. The summed E-state index contributed by atoms with van der Waals surface area (Å²) in [4.78, 5) is 60.6. The van der Waals surface area contributed by atoms with Crippen molar-refractivity contribution in [3.63, 3.8) is 0 Å². The number of carbonyl (C=O) groups is 4. The molecule has 3 N–H and O–H groups in total. The van der Waals surface area contributed by atoms with Crippen LogP contribution in [0, 0.1) is 25.7 Å². The molecule has 2 aromatic rings. The second kappa shape index (κ2) is 14.1. The highest BCUT2D eigenvalue weighted by Crippen LogP contribution is 2.31. The molecule has 2 aliphatic heterocycles. The number of aliphatic imine (C=N–C) groups is 1. The van der Waals surface area contributed by atoms with E-state index in [1.807, 2.05) is 52.8 Å². The molecule has 1 fully saturated rings. The van der Waals surface area contributed by atoms with Crippen LogP contribution in [0.1, 0.15) is 87.0 Å². The SMILES string of the molecule is CCC1=C(C)C(/C=c2/[nH]/c(=C\c3[nH]c(/C=C4/NC(=O)[C@H](CC)[C@H]4C)c(C)c3CCC(=O)OC)c(CCC(=O)OC)c2C)=NC1=O. The van der Waals surface area contributed by atoms with E-state index in [1.165, 1.54) is 14.2 Å². The number of nitrogens with one attached hydrogen (secondary N) is 3. The number of ether oxygens (including phenoxy) is 2. The van der Waals surface area contributed by atoms with Gasteiger partial charge in [0.25, 0.3) is 5.91 Å². The molecule has 4 heterocycles. The Morgan fingerprint density at radius 2 is 1.49 bits per heavy atom. The van der Waals surface area contributed by atoms with Crippen molar-refractivity contribution in [3.8, 4) is 0 Å². The third-order valence-corrected chi connectivity index (χ3v) is 9.19. The molecule has 2 aliphatic rings. The minimum atomic E-state index is -0.314. The Labute approximate surface area is 263 Å². The fraction of sp³-hybridized carbons (Fsp3) is 0.457. The molecular formula is C35H44N4O6. The van der Waals surface area contributed by atoms with Crippen LogP contribution in [0.15, 0.2) is 21.8 Å². The van der Waals surface area contributed by atoms with Crippen LogP contribution in [-0.2, 0) is 41.5 Å². The van der Waals surface area contributed by atoms with Gasteiger partial charge in [0.1, 0.15) is 0 Å². The lowest BCUT2D eigenvalue weighted by Gasteiger charge is -2.09. The first kappa shape index (κ1) is 33.4. The Kier molecular flexibility index (Phi) is 10.5. The molecule has 10 heteroatoms. The number of rotatable bonds is 11. The van der Waals surface area contributed by atoms with Gasteiger partial charge in [-0.05, 0) is 92.5 Å². The van der Waals surface area contributed by atoms with Crippen LogP contribution in [0.25, 0.3) is 18.2 Å². The molecule has 0 radical (unpaired) electrons. The van der Waals surface area contributed by atoms with Gasteiger partial charge in [-0.15, -0.1) is 0 Å². The summed E-state index contributed by atoms with van der Waals surface area (Å²) in [5.41, 5.74) is 8.48. The molecule has 4 rings (SSSR count). The molecule has 10 nitrogen and oxygen atoms in total. The van der Waals surface area contributed by atoms with Crippen molar-refractivity contribution >= 4 is 47.7 Å². The van der Waals surface area contributed by atoms with Gasteiger partial charge in [0, 0.05) is 58.0 Å². The van der Waals surface area contributed by atoms with Gasteiger partial charge in [-0.25, -0.2) is 4.99 Å². The van der Waals surface area contributed by atoms with E-state index in [4.69, 9.17) is 9.47 Å². The maximum absolute atomic E-state index is 12.5. The zero-order valence-corrected chi connectivity index (χ0v) is 27.5. The van der Waals surface area contributed by atoms with Crippen molar-refractivity contribution in [3.05, 3.63) is 61.2 Å². The number of amides is 2. The quantitative estimate of drug-likeness (QED) is 0.329. The standard InChI is InChI=1S/C35H44N4O6/c1-9-22-18(3)28(38-34(22)42)15-26-20(5)24(11-13-32(40)44-7)30(36-26)17-31-25(12-14-33(41)45-8)21(6)27(37-31)16-29-19(4)23(10-2)35(43)39-29/h15-18,22,36-37H,9-14H2,1-8H3,(H,38,42)/b27-16+,28-15+,31-17-/t18-,22-/m1/s1. The Balaban J connectivity index is 1.89. The fourth-order valence-electron chi connectivity index (χ4n) is 6.26. The predicted octanol–water partition coefficient (Wildman–Crippen LogP) is 3.62. The summed E-state index contributed by atoms with van der Waals surface area (Å²) in [7, 11) is 2.75.